The highest BCUT2D eigenvalue weighted by Crippen LogP contribution is 2.67. The minimum atomic E-state index is -5.98. The largest absolute Gasteiger partial charge is 0.486 e. The number of nitrogens with zero attached hydrogens (tertiary/aromatic N) is 1. The Morgan fingerprint density at radius 1 is 0.941 bits per heavy atom. The zero-order valence-corrected chi connectivity index (χ0v) is 7.26. The van der Waals surface area contributed by atoms with E-state index >= 15 is 0 Å². The van der Waals surface area contributed by atoms with Gasteiger partial charge in [-0.3, -0.25) is 0 Å². The molecule has 0 radical (unpaired) electrons. The molecule has 0 aromatic rings. The fourth-order valence-electron chi connectivity index (χ4n) is 1.50. The van der Waals surface area contributed by atoms with Gasteiger partial charge in [-0.15, -0.1) is 0 Å². The molecule has 0 aromatic carbocycles. The molecule has 0 saturated carbocycles. The van der Waals surface area contributed by atoms with Crippen molar-refractivity contribution in [2.45, 2.75) is 23.9 Å². The van der Waals surface area contributed by atoms with Crippen molar-refractivity contribution in [3.63, 3.8) is 0 Å². The Hall–Kier alpha value is -0.970. The van der Waals surface area contributed by atoms with Crippen LogP contribution in [-0.2, 0) is 4.84 Å². The molecule has 1 aliphatic carbocycles. The first-order valence-electron chi connectivity index (χ1n) is 3.78. The molecule has 1 saturated heterocycles. The van der Waals surface area contributed by atoms with Crippen molar-refractivity contribution in [3.05, 3.63) is 11.7 Å². The first-order valence-corrected chi connectivity index (χ1v) is 3.78. The number of rotatable bonds is 0. The summed E-state index contributed by atoms with van der Waals surface area (Å²) in [7, 11) is 0. The summed E-state index contributed by atoms with van der Waals surface area (Å²) >= 11 is 0. The fourth-order valence-corrected chi connectivity index (χ4v) is 1.50. The third-order valence-corrected chi connectivity index (χ3v) is 2.31. The first kappa shape index (κ1) is 12.5. The van der Waals surface area contributed by atoms with Crippen molar-refractivity contribution in [2.24, 2.45) is 0 Å². The van der Waals surface area contributed by atoms with E-state index in [0.29, 0.717) is 0 Å². The second kappa shape index (κ2) is 2.71. The molecule has 1 fully saturated rings. The van der Waals surface area contributed by atoms with Gasteiger partial charge in [0.25, 0.3) is 0 Å². The normalized spacial score (nSPS) is 41.5. The zero-order chi connectivity index (χ0) is 13.4. The van der Waals surface area contributed by atoms with Crippen LogP contribution in [0.5, 0.6) is 0 Å². The lowest BCUT2D eigenvalue weighted by Gasteiger charge is -2.29. The number of hydrogen-bond donors (Lipinski definition) is 0. The molecule has 17 heavy (non-hydrogen) atoms. The fraction of sp³-hybridized carbons (Fsp3) is 0.667. The summed E-state index contributed by atoms with van der Waals surface area (Å²) in [5.41, 5.74) is 0. The lowest BCUT2D eigenvalue weighted by atomic mass is 10.1. The second-order valence-electron chi connectivity index (χ2n) is 3.27. The van der Waals surface area contributed by atoms with Crippen LogP contribution >= 0.6 is 0 Å². The molecule has 11 heteroatoms. The Bertz CT molecular complexity index is 416. The van der Waals surface area contributed by atoms with E-state index < -0.39 is 40.6 Å². The van der Waals surface area contributed by atoms with E-state index in [2.05, 4.69) is 4.84 Å². The lowest BCUT2D eigenvalue weighted by molar-refractivity contribution is -0.425. The van der Waals surface area contributed by atoms with Crippen molar-refractivity contribution >= 4 is 0 Å². The van der Waals surface area contributed by atoms with Crippen molar-refractivity contribution in [2.75, 3.05) is 0 Å². The molecular formula is C6F9NO. The van der Waals surface area contributed by atoms with Crippen LogP contribution in [0, 0.1) is 0 Å². The van der Waals surface area contributed by atoms with Gasteiger partial charge in [-0.05, 0) is 5.06 Å². The summed E-state index contributed by atoms with van der Waals surface area (Å²) < 4.78 is 114. The molecule has 0 N–H and O–H groups in total. The standard InChI is InChI=1S/C6F9NO/c7-1-2(8)4(10)5(11,12)3(1,9)16(17-4)6(13,14)15. The molecule has 0 spiro atoms. The Morgan fingerprint density at radius 3 is 1.71 bits per heavy atom. The maximum absolute atomic E-state index is 13.3. The van der Waals surface area contributed by atoms with Crippen molar-refractivity contribution in [1.29, 1.82) is 0 Å². The van der Waals surface area contributed by atoms with E-state index in [4.69, 9.17) is 0 Å². The monoisotopic (exact) mass is 273 g/mol. The van der Waals surface area contributed by atoms with E-state index in [1.54, 1.807) is 0 Å². The van der Waals surface area contributed by atoms with Gasteiger partial charge in [-0.2, -0.15) is 26.3 Å². The van der Waals surface area contributed by atoms with Gasteiger partial charge in [-0.1, -0.05) is 0 Å². The van der Waals surface area contributed by atoms with Crippen molar-refractivity contribution in [1.82, 2.24) is 5.06 Å². The van der Waals surface area contributed by atoms with Gasteiger partial charge in [0.1, 0.15) is 0 Å². The molecule has 2 aliphatic rings. The van der Waals surface area contributed by atoms with Crippen LogP contribution in [0.3, 0.4) is 0 Å². The van der Waals surface area contributed by atoms with Gasteiger partial charge >= 0.3 is 23.9 Å². The number of fused-ring (bicyclic) bond motifs is 2. The van der Waals surface area contributed by atoms with Gasteiger partial charge in [0.05, 0.1) is 0 Å². The molecule has 1 aliphatic heterocycles. The molecule has 2 unspecified atom stereocenters. The van der Waals surface area contributed by atoms with E-state index in [1.165, 1.54) is 0 Å². The smallest absolute Gasteiger partial charge is 0.233 e. The van der Waals surface area contributed by atoms with Crippen LogP contribution in [-0.4, -0.2) is 28.9 Å². The highest BCUT2D eigenvalue weighted by atomic mass is 19.4. The maximum atomic E-state index is 13.3. The van der Waals surface area contributed by atoms with Gasteiger partial charge < -0.3 is 0 Å². The summed E-state index contributed by atoms with van der Waals surface area (Å²) in [4.78, 5) is 2.86. The maximum Gasteiger partial charge on any atom is 0.486 e. The van der Waals surface area contributed by atoms with Crippen LogP contribution in [0.15, 0.2) is 11.7 Å². The summed E-state index contributed by atoms with van der Waals surface area (Å²) in [6.45, 7) is 0. The third-order valence-electron chi connectivity index (χ3n) is 2.31. The van der Waals surface area contributed by atoms with Crippen LogP contribution < -0.4 is 0 Å². The average molecular weight is 273 g/mol. The summed E-state index contributed by atoms with van der Waals surface area (Å²) in [6, 6.07) is 0. The minimum absolute atomic E-state index is 2.18. The van der Waals surface area contributed by atoms with E-state index in [0.717, 1.165) is 0 Å². The van der Waals surface area contributed by atoms with Crippen LogP contribution in [0.2, 0.25) is 0 Å². The van der Waals surface area contributed by atoms with E-state index in [1.807, 2.05) is 0 Å². The Kier molecular flexibility index (Phi) is 1.99. The Morgan fingerprint density at radius 2 is 1.41 bits per heavy atom. The number of halogens is 9. The highest BCUT2D eigenvalue weighted by molar-refractivity contribution is 5.38. The Balaban J connectivity index is 2.67. The molecule has 1 heterocycles. The van der Waals surface area contributed by atoms with Crippen LogP contribution in [0.1, 0.15) is 0 Å². The predicted octanol–water partition coefficient (Wildman–Crippen LogP) is 2.88. The zero-order valence-electron chi connectivity index (χ0n) is 7.26. The molecule has 2 bridgehead atoms. The highest BCUT2D eigenvalue weighted by Gasteiger charge is 2.92. The number of hydrogen-bond acceptors (Lipinski definition) is 2. The topological polar surface area (TPSA) is 12.5 Å². The number of alkyl halides is 7. The number of hydroxylamine groups is 2. The molecule has 0 aromatic heterocycles. The van der Waals surface area contributed by atoms with Crippen molar-refractivity contribution < 1.29 is 44.4 Å². The molecule has 0 amide bonds. The van der Waals surface area contributed by atoms with Crippen molar-refractivity contribution in [3.8, 4) is 0 Å². The molecule has 2 nitrogen and oxygen atoms in total. The molecule has 98 valence electrons. The van der Waals surface area contributed by atoms with E-state index in [9.17, 15) is 39.5 Å². The molecule has 2 atom stereocenters. The van der Waals surface area contributed by atoms with Gasteiger partial charge in [0.15, 0.2) is 5.83 Å². The summed E-state index contributed by atoms with van der Waals surface area (Å²) in [5, 5.41) is -2.18. The SMILES string of the molecule is FC1=C(F)C2(F)N(C(F)(F)F)OC1(F)C2(F)F. The first-order chi connectivity index (χ1) is 7.40. The second-order valence-corrected chi connectivity index (χ2v) is 3.27. The summed E-state index contributed by atoms with van der Waals surface area (Å²) in [5.74, 6) is -22.5. The van der Waals surface area contributed by atoms with Crippen LogP contribution in [0.25, 0.3) is 0 Å². The average Bonchev–Trinajstić information content (AvgIpc) is 2.38. The minimum Gasteiger partial charge on any atom is -0.233 e. The van der Waals surface area contributed by atoms with Crippen LogP contribution in [0.4, 0.5) is 39.5 Å². The van der Waals surface area contributed by atoms with Gasteiger partial charge in [0, 0.05) is 0 Å². The third kappa shape index (κ3) is 1.02. The predicted molar refractivity (Wildman–Crippen MR) is 30.8 cm³/mol. The Labute approximate surface area is 86.2 Å². The van der Waals surface area contributed by atoms with Gasteiger partial charge in [-0.25, -0.2) is 18.0 Å². The molecular weight excluding hydrogens is 273 g/mol. The quantitative estimate of drug-likeness (QED) is 0.497. The molecule has 2 rings (SSSR count). The van der Waals surface area contributed by atoms with E-state index in [-0.39, 0.29) is 0 Å². The lowest BCUT2D eigenvalue weighted by Crippen LogP contribution is -2.55. The van der Waals surface area contributed by atoms with Gasteiger partial charge in [0.2, 0.25) is 5.83 Å². The summed E-state index contributed by atoms with van der Waals surface area (Å²) in [6.07, 6.45) is -5.98.